The van der Waals surface area contributed by atoms with Crippen molar-refractivity contribution in [2.45, 2.75) is 26.7 Å². The van der Waals surface area contributed by atoms with E-state index in [1.54, 1.807) is 0 Å². The molecule has 0 aliphatic rings. The Balaban J connectivity index is 0.000000284. The summed E-state index contributed by atoms with van der Waals surface area (Å²) in [6.45, 7) is 4.32. The van der Waals surface area contributed by atoms with Gasteiger partial charge in [0.15, 0.2) is 0 Å². The van der Waals surface area contributed by atoms with Crippen LogP contribution in [-0.2, 0) is 29.3 Å². The van der Waals surface area contributed by atoms with Crippen LogP contribution in [0.15, 0.2) is 60.7 Å². The summed E-state index contributed by atoms with van der Waals surface area (Å²) in [6, 6.07) is 20.9. The van der Waals surface area contributed by atoms with E-state index in [0.717, 1.165) is 12.8 Å². The summed E-state index contributed by atoms with van der Waals surface area (Å²) >= 11 is -0.472. The van der Waals surface area contributed by atoms with Gasteiger partial charge in [-0.2, -0.15) is 0 Å². The number of hydrogen-bond acceptors (Lipinski definition) is 0. The van der Waals surface area contributed by atoms with Crippen LogP contribution in [0.1, 0.15) is 25.0 Å². The molecule has 0 saturated heterocycles. The van der Waals surface area contributed by atoms with Gasteiger partial charge in [-0.1, -0.05) is 74.5 Å². The zero-order chi connectivity index (χ0) is 14.3. The second kappa shape index (κ2) is 14.1. The Labute approximate surface area is 133 Å². The molecule has 19 heavy (non-hydrogen) atoms. The fraction of sp³-hybridized carbons (Fsp3) is 0.250. The van der Waals surface area contributed by atoms with Crippen LogP contribution in [0.3, 0.4) is 0 Å². The fourth-order valence-corrected chi connectivity index (χ4v) is 1.43. The first kappa shape index (κ1) is 18.7. The quantitative estimate of drug-likeness (QED) is 0.506. The van der Waals surface area contributed by atoms with Gasteiger partial charge in [0.1, 0.15) is 0 Å². The molecule has 0 N–H and O–H groups in total. The van der Waals surface area contributed by atoms with E-state index in [-0.39, 0.29) is 0 Å². The number of aryl methyl sites for hydroxylation is 2. The first-order valence-electron chi connectivity index (χ1n) is 6.18. The van der Waals surface area contributed by atoms with E-state index in [2.05, 4.69) is 62.4 Å². The molecule has 0 atom stereocenters. The number of benzene rings is 2. The minimum atomic E-state index is -0.472. The molecule has 0 aliphatic carbocycles. The van der Waals surface area contributed by atoms with Crippen LogP contribution >= 0.6 is 18.8 Å². The molecule has 0 aliphatic heterocycles. The third-order valence-corrected chi connectivity index (χ3v) is 2.50. The predicted molar refractivity (Wildman–Crippen MR) is 83.3 cm³/mol. The van der Waals surface area contributed by atoms with Crippen molar-refractivity contribution in [1.29, 1.82) is 0 Å². The van der Waals surface area contributed by atoms with Crippen LogP contribution in [0.4, 0.5) is 0 Å². The van der Waals surface area contributed by atoms with E-state index in [1.165, 1.54) is 11.1 Å². The molecule has 2 rings (SSSR count). The molecule has 0 spiro atoms. The van der Waals surface area contributed by atoms with Gasteiger partial charge in [0.05, 0.1) is 0 Å². The van der Waals surface area contributed by atoms with E-state index in [0.29, 0.717) is 0 Å². The summed E-state index contributed by atoms with van der Waals surface area (Å²) in [5.41, 5.74) is 2.82. The van der Waals surface area contributed by atoms with Crippen molar-refractivity contribution in [2.24, 2.45) is 0 Å². The van der Waals surface area contributed by atoms with Crippen molar-refractivity contribution in [3.05, 3.63) is 71.8 Å². The van der Waals surface area contributed by atoms with Crippen molar-refractivity contribution in [3.8, 4) is 0 Å². The maximum atomic E-state index is 4.88. The summed E-state index contributed by atoms with van der Waals surface area (Å²) < 4.78 is 0. The first-order chi connectivity index (χ1) is 9.28. The van der Waals surface area contributed by atoms with Crippen molar-refractivity contribution in [3.63, 3.8) is 0 Å². The van der Waals surface area contributed by atoms with Crippen LogP contribution in [0.5, 0.6) is 0 Å². The Morgan fingerprint density at radius 2 is 0.947 bits per heavy atom. The number of hydrogen-bond donors (Lipinski definition) is 0. The van der Waals surface area contributed by atoms with Gasteiger partial charge in [0.2, 0.25) is 0 Å². The van der Waals surface area contributed by atoms with Gasteiger partial charge in [-0.05, 0) is 24.0 Å². The molecule has 0 unspecified atom stereocenters. The molecule has 2 aromatic carbocycles. The van der Waals surface area contributed by atoms with E-state index in [1.807, 2.05) is 12.1 Å². The maximum absolute atomic E-state index is 4.88. The molecule has 0 saturated carbocycles. The minimum absolute atomic E-state index is 0.472. The number of rotatable bonds is 2. The van der Waals surface area contributed by atoms with E-state index in [9.17, 15) is 0 Å². The Hall–Kier alpha value is -0.292. The molecule has 0 nitrogen and oxygen atoms in total. The molecular formula is C16H20Cl2Pt. The summed E-state index contributed by atoms with van der Waals surface area (Å²) in [5.74, 6) is 0. The Morgan fingerprint density at radius 1 is 0.684 bits per heavy atom. The van der Waals surface area contributed by atoms with Gasteiger partial charge < -0.3 is 0 Å². The normalized spacial score (nSPS) is 8.84. The zero-order valence-corrected chi connectivity index (χ0v) is 15.0. The third-order valence-electron chi connectivity index (χ3n) is 2.50. The van der Waals surface area contributed by atoms with Crippen molar-refractivity contribution in [1.82, 2.24) is 0 Å². The van der Waals surface area contributed by atoms with Crippen LogP contribution in [-0.4, -0.2) is 0 Å². The van der Waals surface area contributed by atoms with Gasteiger partial charge in [0.25, 0.3) is 0 Å². The monoisotopic (exact) mass is 477 g/mol. The molecule has 0 fully saturated rings. The van der Waals surface area contributed by atoms with Crippen LogP contribution < -0.4 is 0 Å². The van der Waals surface area contributed by atoms with E-state index < -0.39 is 16.5 Å². The fourth-order valence-electron chi connectivity index (χ4n) is 1.43. The third kappa shape index (κ3) is 11.2. The SMILES string of the molecule is CCc1ccccc1.CCc1ccccc1.[Cl][Pt][Cl]. The van der Waals surface area contributed by atoms with Gasteiger partial charge >= 0.3 is 35.3 Å². The van der Waals surface area contributed by atoms with Gasteiger partial charge in [-0.3, -0.25) is 0 Å². The molecule has 3 heteroatoms. The van der Waals surface area contributed by atoms with Crippen LogP contribution in [0, 0.1) is 0 Å². The first-order valence-corrected chi connectivity index (χ1v) is 11.8. The average Bonchev–Trinajstić information content (AvgIpc) is 2.50. The van der Waals surface area contributed by atoms with Crippen molar-refractivity contribution < 1.29 is 16.5 Å². The van der Waals surface area contributed by atoms with Crippen molar-refractivity contribution >= 4 is 18.8 Å². The van der Waals surface area contributed by atoms with Gasteiger partial charge in [0, 0.05) is 0 Å². The molecular weight excluding hydrogens is 458 g/mol. The second-order valence-corrected chi connectivity index (χ2v) is 7.01. The van der Waals surface area contributed by atoms with E-state index >= 15 is 0 Å². The Morgan fingerprint density at radius 3 is 1.11 bits per heavy atom. The van der Waals surface area contributed by atoms with Crippen molar-refractivity contribution in [2.75, 3.05) is 0 Å². The van der Waals surface area contributed by atoms with Crippen LogP contribution in [0.2, 0.25) is 0 Å². The Bertz CT molecular complexity index is 351. The summed E-state index contributed by atoms with van der Waals surface area (Å²) in [4.78, 5) is 0. The molecule has 0 radical (unpaired) electrons. The molecule has 0 amide bonds. The summed E-state index contributed by atoms with van der Waals surface area (Å²) in [7, 11) is 9.75. The zero-order valence-electron chi connectivity index (χ0n) is 11.3. The Kier molecular flexibility index (Phi) is 13.9. The second-order valence-electron chi connectivity index (χ2n) is 3.72. The number of halogens is 2. The van der Waals surface area contributed by atoms with Gasteiger partial charge in [-0.15, -0.1) is 0 Å². The molecule has 0 bridgehead atoms. The van der Waals surface area contributed by atoms with Crippen LogP contribution in [0.25, 0.3) is 0 Å². The molecule has 2 aromatic rings. The standard InChI is InChI=1S/2C8H10.2ClH.Pt/c2*1-2-8-6-4-3-5-7-8;;;/h2*3-7H,2H2,1H3;2*1H;/q;;;;+2/p-2. The predicted octanol–water partition coefficient (Wildman–Crippen LogP) is 5.87. The molecule has 108 valence electrons. The molecule has 0 heterocycles. The summed E-state index contributed by atoms with van der Waals surface area (Å²) in [6.07, 6.45) is 2.28. The molecule has 0 aromatic heterocycles. The summed E-state index contributed by atoms with van der Waals surface area (Å²) in [5, 5.41) is 0. The average molecular weight is 478 g/mol. The van der Waals surface area contributed by atoms with Gasteiger partial charge in [-0.25, -0.2) is 0 Å². The topological polar surface area (TPSA) is 0 Å². The van der Waals surface area contributed by atoms with E-state index in [4.69, 9.17) is 18.8 Å².